The van der Waals surface area contributed by atoms with E-state index in [2.05, 4.69) is 15.6 Å². The minimum Gasteiger partial charge on any atom is -0.497 e. The molecule has 0 spiro atoms. The lowest BCUT2D eigenvalue weighted by atomic mass is 10.1. The molecular formula is C17H27N3O3S. The van der Waals surface area contributed by atoms with Crippen LogP contribution in [0.3, 0.4) is 0 Å². The zero-order chi connectivity index (χ0) is 17.4. The van der Waals surface area contributed by atoms with Crippen molar-refractivity contribution < 1.29 is 13.2 Å². The standard InChI is InChI=1S/C17H27N3O3S/c1-3-18-17(20-12-15-9-11-24(21,22)13-15)19-10-8-14-4-6-16(23-2)7-5-14/h4-7,15H,3,8-13H2,1-2H3,(H2,18,19,20). The molecule has 0 aliphatic carbocycles. The molecule has 1 aliphatic heterocycles. The van der Waals surface area contributed by atoms with Crippen LogP contribution in [0.5, 0.6) is 5.75 Å². The van der Waals surface area contributed by atoms with Gasteiger partial charge in [0.1, 0.15) is 5.75 Å². The van der Waals surface area contributed by atoms with Crippen LogP contribution in [0.25, 0.3) is 0 Å². The van der Waals surface area contributed by atoms with Crippen LogP contribution in [-0.4, -0.2) is 52.6 Å². The van der Waals surface area contributed by atoms with Gasteiger partial charge in [-0.2, -0.15) is 0 Å². The molecule has 7 heteroatoms. The van der Waals surface area contributed by atoms with Gasteiger partial charge >= 0.3 is 0 Å². The fourth-order valence-electron chi connectivity index (χ4n) is 2.70. The Kier molecular flexibility index (Phi) is 6.90. The van der Waals surface area contributed by atoms with Crippen molar-refractivity contribution in [3.63, 3.8) is 0 Å². The molecule has 1 aliphatic rings. The quantitative estimate of drug-likeness (QED) is 0.569. The van der Waals surface area contributed by atoms with Gasteiger partial charge < -0.3 is 15.4 Å². The summed E-state index contributed by atoms with van der Waals surface area (Å²) >= 11 is 0. The number of methoxy groups -OCH3 is 1. The fraction of sp³-hybridized carbons (Fsp3) is 0.588. The van der Waals surface area contributed by atoms with Crippen LogP contribution in [0.2, 0.25) is 0 Å². The van der Waals surface area contributed by atoms with Crippen molar-refractivity contribution in [3.8, 4) is 5.75 Å². The van der Waals surface area contributed by atoms with Crippen molar-refractivity contribution in [1.82, 2.24) is 10.6 Å². The van der Waals surface area contributed by atoms with Gasteiger partial charge in [0.15, 0.2) is 15.8 Å². The molecular weight excluding hydrogens is 326 g/mol. The fourth-order valence-corrected chi connectivity index (χ4v) is 4.55. The largest absolute Gasteiger partial charge is 0.497 e. The maximum atomic E-state index is 11.5. The molecule has 1 aromatic carbocycles. The number of aliphatic imine (C=N–C) groups is 1. The van der Waals surface area contributed by atoms with Crippen LogP contribution in [0, 0.1) is 5.92 Å². The van der Waals surface area contributed by atoms with Crippen molar-refractivity contribution in [1.29, 1.82) is 0 Å². The van der Waals surface area contributed by atoms with Gasteiger partial charge in [0.25, 0.3) is 0 Å². The lowest BCUT2D eigenvalue weighted by molar-refractivity contribution is 0.414. The molecule has 2 rings (SSSR count). The first-order valence-electron chi connectivity index (χ1n) is 8.38. The highest BCUT2D eigenvalue weighted by Crippen LogP contribution is 2.18. The molecule has 0 amide bonds. The molecule has 1 unspecified atom stereocenters. The minimum atomic E-state index is -2.83. The molecule has 1 heterocycles. The van der Waals surface area contributed by atoms with Crippen molar-refractivity contribution in [2.75, 3.05) is 38.2 Å². The number of ether oxygens (including phenoxy) is 1. The first kappa shape index (κ1) is 18.6. The average molecular weight is 353 g/mol. The highest BCUT2D eigenvalue weighted by atomic mass is 32.2. The van der Waals surface area contributed by atoms with Crippen molar-refractivity contribution in [3.05, 3.63) is 29.8 Å². The second kappa shape index (κ2) is 8.92. The second-order valence-corrected chi connectivity index (χ2v) is 8.24. The maximum absolute atomic E-state index is 11.5. The number of guanidine groups is 1. The molecule has 0 radical (unpaired) electrons. The van der Waals surface area contributed by atoms with Crippen LogP contribution in [0.1, 0.15) is 18.9 Å². The number of nitrogens with zero attached hydrogens (tertiary/aromatic N) is 1. The van der Waals surface area contributed by atoms with Gasteiger partial charge in [-0.05, 0) is 43.4 Å². The predicted octanol–water partition coefficient (Wildman–Crippen LogP) is 1.23. The zero-order valence-electron chi connectivity index (χ0n) is 14.4. The molecule has 0 saturated carbocycles. The SMILES string of the molecule is CCNC(=NCC1CCS(=O)(=O)C1)NCCc1ccc(OC)cc1. The van der Waals surface area contributed by atoms with E-state index in [1.54, 1.807) is 7.11 Å². The van der Waals surface area contributed by atoms with E-state index in [0.29, 0.717) is 12.3 Å². The van der Waals surface area contributed by atoms with Gasteiger partial charge in [-0.1, -0.05) is 12.1 Å². The molecule has 1 fully saturated rings. The minimum absolute atomic E-state index is 0.145. The molecule has 1 atom stereocenters. The molecule has 2 N–H and O–H groups in total. The number of hydrogen-bond acceptors (Lipinski definition) is 4. The third kappa shape index (κ3) is 6.03. The van der Waals surface area contributed by atoms with Crippen LogP contribution in [0.15, 0.2) is 29.3 Å². The first-order valence-corrected chi connectivity index (χ1v) is 10.2. The van der Waals surface area contributed by atoms with E-state index in [1.165, 1.54) is 5.56 Å². The summed E-state index contributed by atoms with van der Waals surface area (Å²) in [4.78, 5) is 4.53. The summed E-state index contributed by atoms with van der Waals surface area (Å²) in [6.07, 6.45) is 1.60. The third-order valence-electron chi connectivity index (χ3n) is 4.04. The summed E-state index contributed by atoms with van der Waals surface area (Å²) in [7, 11) is -1.18. The van der Waals surface area contributed by atoms with E-state index >= 15 is 0 Å². The Morgan fingerprint density at radius 3 is 2.62 bits per heavy atom. The van der Waals surface area contributed by atoms with Crippen molar-refractivity contribution >= 4 is 15.8 Å². The molecule has 0 bridgehead atoms. The number of rotatable bonds is 7. The molecule has 1 aromatic rings. The summed E-state index contributed by atoms with van der Waals surface area (Å²) in [5, 5.41) is 6.50. The van der Waals surface area contributed by atoms with Crippen LogP contribution < -0.4 is 15.4 Å². The lowest BCUT2D eigenvalue weighted by Gasteiger charge is -2.12. The highest BCUT2D eigenvalue weighted by Gasteiger charge is 2.27. The summed E-state index contributed by atoms with van der Waals surface area (Å²) < 4.78 is 28.1. The molecule has 1 saturated heterocycles. The van der Waals surface area contributed by atoms with E-state index in [0.717, 1.165) is 37.6 Å². The van der Waals surface area contributed by atoms with Crippen LogP contribution >= 0.6 is 0 Å². The van der Waals surface area contributed by atoms with E-state index < -0.39 is 9.84 Å². The predicted molar refractivity (Wildman–Crippen MR) is 97.4 cm³/mol. The molecule has 24 heavy (non-hydrogen) atoms. The van der Waals surface area contributed by atoms with E-state index in [4.69, 9.17) is 4.74 Å². The normalized spacial score (nSPS) is 19.9. The van der Waals surface area contributed by atoms with Gasteiger partial charge in [0, 0.05) is 19.6 Å². The van der Waals surface area contributed by atoms with Gasteiger partial charge in [0.2, 0.25) is 0 Å². The lowest BCUT2D eigenvalue weighted by Crippen LogP contribution is -2.38. The van der Waals surface area contributed by atoms with Gasteiger partial charge in [-0.15, -0.1) is 0 Å². The van der Waals surface area contributed by atoms with E-state index in [1.807, 2.05) is 31.2 Å². The summed E-state index contributed by atoms with van der Waals surface area (Å²) in [5.41, 5.74) is 1.22. The van der Waals surface area contributed by atoms with Crippen LogP contribution in [0.4, 0.5) is 0 Å². The number of benzene rings is 1. The number of sulfone groups is 1. The molecule has 6 nitrogen and oxygen atoms in total. The van der Waals surface area contributed by atoms with E-state index in [-0.39, 0.29) is 11.7 Å². The second-order valence-electron chi connectivity index (χ2n) is 6.01. The molecule has 0 aromatic heterocycles. The summed E-state index contributed by atoms with van der Waals surface area (Å²) in [6, 6.07) is 8.01. The Bertz CT molecular complexity index is 642. The summed E-state index contributed by atoms with van der Waals surface area (Å²) in [5.74, 6) is 2.31. The maximum Gasteiger partial charge on any atom is 0.191 e. The van der Waals surface area contributed by atoms with Crippen LogP contribution in [-0.2, 0) is 16.3 Å². The Hall–Kier alpha value is -1.76. The Morgan fingerprint density at radius 2 is 2.04 bits per heavy atom. The monoisotopic (exact) mass is 353 g/mol. The smallest absolute Gasteiger partial charge is 0.191 e. The van der Waals surface area contributed by atoms with Crippen molar-refractivity contribution in [2.45, 2.75) is 19.8 Å². The van der Waals surface area contributed by atoms with Crippen molar-refractivity contribution in [2.24, 2.45) is 10.9 Å². The Labute approximate surface area is 144 Å². The number of hydrogen-bond donors (Lipinski definition) is 2. The highest BCUT2D eigenvalue weighted by molar-refractivity contribution is 7.91. The summed E-state index contributed by atoms with van der Waals surface area (Å²) in [6.45, 7) is 4.11. The average Bonchev–Trinajstić information content (AvgIpc) is 2.92. The van der Waals surface area contributed by atoms with Gasteiger partial charge in [-0.3, -0.25) is 4.99 Å². The third-order valence-corrected chi connectivity index (χ3v) is 5.88. The number of nitrogens with one attached hydrogen (secondary N) is 2. The van der Waals surface area contributed by atoms with E-state index in [9.17, 15) is 8.42 Å². The first-order chi connectivity index (χ1) is 11.5. The molecule has 134 valence electrons. The topological polar surface area (TPSA) is 79.8 Å². The zero-order valence-corrected chi connectivity index (χ0v) is 15.2. The van der Waals surface area contributed by atoms with Gasteiger partial charge in [-0.25, -0.2) is 8.42 Å². The van der Waals surface area contributed by atoms with Gasteiger partial charge in [0.05, 0.1) is 18.6 Å². The Balaban J connectivity index is 1.80. The Morgan fingerprint density at radius 1 is 1.29 bits per heavy atom.